The number of nitrogens with one attached hydrogen (secondary N) is 1. The third-order valence-electron chi connectivity index (χ3n) is 5.33. The highest BCUT2D eigenvalue weighted by Crippen LogP contribution is 2.36. The molecular weight excluding hydrogens is 360 g/mol. The van der Waals surface area contributed by atoms with Crippen LogP contribution in [0.4, 0.5) is 0 Å². The molecule has 0 aliphatic carbocycles. The van der Waals surface area contributed by atoms with Gasteiger partial charge in [0.05, 0.1) is 24.4 Å². The predicted octanol–water partition coefficient (Wildman–Crippen LogP) is 2.13. The number of carbonyl (C=O) groups is 3. The molecule has 148 valence electrons. The minimum atomic E-state index is -0.754. The molecule has 1 atom stereocenters. The van der Waals surface area contributed by atoms with Gasteiger partial charge >= 0.3 is 5.97 Å². The van der Waals surface area contributed by atoms with Gasteiger partial charge < -0.3 is 19.4 Å². The number of hydrogen-bond acceptors (Lipinski definition) is 5. The monoisotopic (exact) mass is 384 g/mol. The van der Waals surface area contributed by atoms with E-state index in [9.17, 15) is 14.4 Å². The third kappa shape index (κ3) is 3.78. The van der Waals surface area contributed by atoms with Gasteiger partial charge in [0, 0.05) is 13.1 Å². The van der Waals surface area contributed by atoms with Gasteiger partial charge in [0.25, 0.3) is 5.91 Å². The Hall–Kier alpha value is -3.09. The van der Waals surface area contributed by atoms with E-state index in [1.807, 2.05) is 30.3 Å². The number of carbonyl (C=O) groups excluding carboxylic acids is 3. The lowest BCUT2D eigenvalue weighted by Gasteiger charge is -2.40. The summed E-state index contributed by atoms with van der Waals surface area (Å²) in [5, 5.41) is 2.68. The number of benzene rings is 1. The first-order valence-corrected chi connectivity index (χ1v) is 9.24. The van der Waals surface area contributed by atoms with Crippen LogP contribution in [-0.2, 0) is 19.7 Å². The molecule has 28 heavy (non-hydrogen) atoms. The smallest absolute Gasteiger partial charge is 0.316 e. The maximum Gasteiger partial charge on any atom is 0.316 e. The number of amides is 2. The van der Waals surface area contributed by atoms with E-state index in [4.69, 9.17) is 9.15 Å². The highest BCUT2D eigenvalue weighted by atomic mass is 16.5. The summed E-state index contributed by atoms with van der Waals surface area (Å²) < 4.78 is 9.97. The molecule has 1 saturated heterocycles. The topological polar surface area (TPSA) is 88.9 Å². The van der Waals surface area contributed by atoms with Crippen LogP contribution >= 0.6 is 0 Å². The second-order valence-corrected chi connectivity index (χ2v) is 6.97. The third-order valence-corrected chi connectivity index (χ3v) is 5.33. The maximum atomic E-state index is 12.8. The molecule has 1 aliphatic heterocycles. The standard InChI is InChI=1S/C21H24N2O5/c1-15(22-18(24)16-8-13-28-14-16)19(25)23-11-9-21(10-12-23,20(26)27-2)17-6-4-3-5-7-17/h3-8,13-15H,9-12H2,1-2H3,(H,22,24)/t15-/m1/s1. The fourth-order valence-corrected chi connectivity index (χ4v) is 3.68. The van der Waals surface area contributed by atoms with Crippen molar-refractivity contribution in [1.29, 1.82) is 0 Å². The van der Waals surface area contributed by atoms with Crippen molar-refractivity contribution < 1.29 is 23.5 Å². The van der Waals surface area contributed by atoms with Gasteiger partial charge in [-0.05, 0) is 31.4 Å². The molecule has 2 amide bonds. The molecule has 1 aromatic carbocycles. The SMILES string of the molecule is COC(=O)C1(c2ccccc2)CCN(C(=O)[C@@H](C)NC(=O)c2ccoc2)CC1. The molecule has 0 spiro atoms. The molecule has 0 bridgehead atoms. The van der Waals surface area contributed by atoms with Gasteiger partial charge in [-0.15, -0.1) is 0 Å². The molecule has 1 aliphatic rings. The van der Waals surface area contributed by atoms with Crippen LogP contribution in [0.25, 0.3) is 0 Å². The minimum absolute atomic E-state index is 0.177. The molecule has 3 rings (SSSR count). The van der Waals surface area contributed by atoms with Gasteiger partial charge in [-0.3, -0.25) is 14.4 Å². The zero-order valence-electron chi connectivity index (χ0n) is 16.0. The van der Waals surface area contributed by atoms with E-state index in [2.05, 4.69) is 5.32 Å². The van der Waals surface area contributed by atoms with Crippen molar-refractivity contribution in [3.63, 3.8) is 0 Å². The minimum Gasteiger partial charge on any atom is -0.472 e. The van der Waals surface area contributed by atoms with E-state index >= 15 is 0 Å². The molecule has 1 fully saturated rings. The molecular formula is C21H24N2O5. The van der Waals surface area contributed by atoms with Crippen molar-refractivity contribution in [1.82, 2.24) is 10.2 Å². The number of nitrogens with zero attached hydrogens (tertiary/aromatic N) is 1. The Morgan fingerprint density at radius 2 is 1.82 bits per heavy atom. The van der Waals surface area contributed by atoms with E-state index in [1.165, 1.54) is 25.7 Å². The highest BCUT2D eigenvalue weighted by molar-refractivity contribution is 5.97. The fraction of sp³-hybridized carbons (Fsp3) is 0.381. The molecule has 1 N–H and O–H groups in total. The Balaban J connectivity index is 1.66. The maximum absolute atomic E-state index is 12.8. The molecule has 2 aromatic rings. The Morgan fingerprint density at radius 3 is 2.39 bits per heavy atom. The summed E-state index contributed by atoms with van der Waals surface area (Å²) in [4.78, 5) is 39.1. The van der Waals surface area contributed by atoms with Crippen molar-refractivity contribution in [2.24, 2.45) is 0 Å². The first kappa shape index (κ1) is 19.7. The Morgan fingerprint density at radius 1 is 1.14 bits per heavy atom. The molecule has 0 radical (unpaired) electrons. The van der Waals surface area contributed by atoms with E-state index in [0.717, 1.165) is 5.56 Å². The first-order chi connectivity index (χ1) is 13.5. The molecule has 1 aromatic heterocycles. The van der Waals surface area contributed by atoms with Gasteiger partial charge in [-0.1, -0.05) is 30.3 Å². The Bertz CT molecular complexity index is 824. The fourth-order valence-electron chi connectivity index (χ4n) is 3.68. The van der Waals surface area contributed by atoms with Gasteiger partial charge in [-0.25, -0.2) is 0 Å². The largest absolute Gasteiger partial charge is 0.472 e. The van der Waals surface area contributed by atoms with Crippen molar-refractivity contribution in [3.05, 3.63) is 60.1 Å². The molecule has 2 heterocycles. The summed E-state index contributed by atoms with van der Waals surface area (Å²) in [7, 11) is 1.39. The second-order valence-electron chi connectivity index (χ2n) is 6.97. The quantitative estimate of drug-likeness (QED) is 0.798. The number of furan rings is 1. The van der Waals surface area contributed by atoms with Crippen LogP contribution in [0.15, 0.2) is 53.3 Å². The number of ether oxygens (including phenoxy) is 1. The second kappa shape index (κ2) is 8.29. The van der Waals surface area contributed by atoms with E-state index in [0.29, 0.717) is 31.5 Å². The summed E-state index contributed by atoms with van der Waals surface area (Å²) in [6.07, 6.45) is 3.68. The van der Waals surface area contributed by atoms with E-state index < -0.39 is 11.5 Å². The van der Waals surface area contributed by atoms with Gasteiger partial charge in [0.2, 0.25) is 5.91 Å². The van der Waals surface area contributed by atoms with Crippen LogP contribution in [0, 0.1) is 0 Å². The highest BCUT2D eigenvalue weighted by Gasteiger charge is 2.45. The number of rotatable bonds is 5. The summed E-state index contributed by atoms with van der Waals surface area (Å²) in [6.45, 7) is 2.48. The van der Waals surface area contributed by atoms with Crippen molar-refractivity contribution >= 4 is 17.8 Å². The summed E-state index contributed by atoms with van der Waals surface area (Å²) >= 11 is 0. The van der Waals surface area contributed by atoms with Crippen molar-refractivity contribution in [3.8, 4) is 0 Å². The lowest BCUT2D eigenvalue weighted by Crippen LogP contribution is -2.53. The average molecular weight is 384 g/mol. The molecule has 7 heteroatoms. The van der Waals surface area contributed by atoms with Crippen LogP contribution in [0.2, 0.25) is 0 Å². The van der Waals surface area contributed by atoms with Crippen LogP contribution in [0.1, 0.15) is 35.7 Å². The zero-order chi connectivity index (χ0) is 20.1. The Kier molecular flexibility index (Phi) is 5.82. The molecule has 7 nitrogen and oxygen atoms in total. The average Bonchev–Trinajstić information content (AvgIpc) is 3.28. The van der Waals surface area contributed by atoms with Crippen molar-refractivity contribution in [2.75, 3.05) is 20.2 Å². The van der Waals surface area contributed by atoms with Crippen LogP contribution in [0.5, 0.6) is 0 Å². The van der Waals surface area contributed by atoms with Gasteiger partial charge in [-0.2, -0.15) is 0 Å². The number of hydrogen-bond donors (Lipinski definition) is 1. The molecule has 0 unspecified atom stereocenters. The van der Waals surface area contributed by atoms with E-state index in [1.54, 1.807) is 11.8 Å². The summed E-state index contributed by atoms with van der Waals surface area (Å²) in [6, 6.07) is 10.4. The summed E-state index contributed by atoms with van der Waals surface area (Å²) in [5.74, 6) is -0.824. The van der Waals surface area contributed by atoms with E-state index in [-0.39, 0.29) is 17.8 Å². The zero-order valence-corrected chi connectivity index (χ0v) is 16.0. The number of methoxy groups -OCH3 is 1. The lowest BCUT2D eigenvalue weighted by molar-refractivity contribution is -0.151. The lowest BCUT2D eigenvalue weighted by atomic mass is 9.72. The Labute approximate surface area is 163 Å². The summed E-state index contributed by atoms with van der Waals surface area (Å²) in [5.41, 5.74) is 0.512. The number of likely N-dealkylation sites (tertiary alicyclic amines) is 1. The number of esters is 1. The van der Waals surface area contributed by atoms with Crippen LogP contribution in [-0.4, -0.2) is 48.9 Å². The van der Waals surface area contributed by atoms with Crippen molar-refractivity contribution in [2.45, 2.75) is 31.2 Å². The van der Waals surface area contributed by atoms with Crippen LogP contribution < -0.4 is 5.32 Å². The van der Waals surface area contributed by atoms with Gasteiger partial charge in [0.15, 0.2) is 0 Å². The van der Waals surface area contributed by atoms with Crippen LogP contribution in [0.3, 0.4) is 0 Å². The van der Waals surface area contributed by atoms with Gasteiger partial charge in [0.1, 0.15) is 12.3 Å². The molecule has 0 saturated carbocycles. The predicted molar refractivity (Wildman–Crippen MR) is 102 cm³/mol. The number of piperidine rings is 1. The first-order valence-electron chi connectivity index (χ1n) is 9.24. The normalized spacial score (nSPS) is 16.9.